The molecule has 0 atom stereocenters. The van der Waals surface area contributed by atoms with E-state index < -0.39 is 0 Å². The zero-order valence-corrected chi connectivity index (χ0v) is 28.9. The van der Waals surface area contributed by atoms with Gasteiger partial charge in [0.05, 0.1) is 0 Å². The Labute approximate surface area is 238 Å². The minimum absolute atomic E-state index is 0.0417. The van der Waals surface area contributed by atoms with Gasteiger partial charge in [0.15, 0.2) is 0 Å². The van der Waals surface area contributed by atoms with Crippen molar-refractivity contribution in [3.63, 3.8) is 0 Å². The molecule has 0 aliphatic carbocycles. The maximum absolute atomic E-state index is 2.54. The van der Waals surface area contributed by atoms with Gasteiger partial charge in [0, 0.05) is 0 Å². The SMILES string of the molecule is CB(c1c(C(C)(C)C)cc(C(C)(C)C)cc1C(C)(C)C)c1c(C(C)(C)C)cc(C(C)(C)C)cc1C(C)(C)C. The number of rotatable bonds is 2. The average Bonchev–Trinajstić information content (AvgIpc) is 2.67. The van der Waals surface area contributed by atoms with Gasteiger partial charge >= 0.3 is 0 Å². The summed E-state index contributed by atoms with van der Waals surface area (Å²) in [5.41, 5.74) is 12.3. The first-order valence-electron chi connectivity index (χ1n) is 15.0. The van der Waals surface area contributed by atoms with Crippen LogP contribution in [0.3, 0.4) is 0 Å². The first kappa shape index (κ1) is 32.7. The largest absolute Gasteiger partial charge is 0.207 e. The second-order valence-corrected chi connectivity index (χ2v) is 18.2. The summed E-state index contributed by atoms with van der Waals surface area (Å²) < 4.78 is 0. The summed E-state index contributed by atoms with van der Waals surface area (Å²) in [5, 5.41) is 0. The van der Waals surface area contributed by atoms with Crippen LogP contribution in [-0.2, 0) is 32.5 Å². The molecule has 0 fully saturated rings. The molecule has 1 heteroatoms. The molecule has 0 saturated carbocycles. The van der Waals surface area contributed by atoms with Gasteiger partial charge in [0.25, 0.3) is 0 Å². The molecule has 2 aromatic rings. The number of hydrogen-bond acceptors (Lipinski definition) is 0. The Kier molecular flexibility index (Phi) is 8.48. The first-order chi connectivity index (χ1) is 16.6. The molecular formula is C37H61B. The molecular weight excluding hydrogens is 455 g/mol. The van der Waals surface area contributed by atoms with Crippen LogP contribution in [0.5, 0.6) is 0 Å². The van der Waals surface area contributed by atoms with E-state index in [1.54, 1.807) is 0 Å². The van der Waals surface area contributed by atoms with Crippen molar-refractivity contribution in [3.8, 4) is 0 Å². The predicted molar refractivity (Wildman–Crippen MR) is 176 cm³/mol. The summed E-state index contributed by atoms with van der Waals surface area (Å²) in [6, 6.07) is 10.2. The fraction of sp³-hybridized carbons (Fsp3) is 0.676. The van der Waals surface area contributed by atoms with Crippen molar-refractivity contribution >= 4 is 17.6 Å². The molecule has 0 bridgehead atoms. The van der Waals surface area contributed by atoms with Gasteiger partial charge in [0.1, 0.15) is 0 Å². The summed E-state index contributed by atoms with van der Waals surface area (Å²) >= 11 is 0. The summed E-state index contributed by atoms with van der Waals surface area (Å²) in [4.78, 5) is 0. The average molecular weight is 517 g/mol. The highest BCUT2D eigenvalue weighted by atomic mass is 14.3. The van der Waals surface area contributed by atoms with E-state index in [-0.39, 0.29) is 39.2 Å². The lowest BCUT2D eigenvalue weighted by Gasteiger charge is -2.39. The topological polar surface area (TPSA) is 0 Å². The normalized spacial score (nSPS) is 14.2. The Morgan fingerprint density at radius 2 is 0.526 bits per heavy atom. The molecule has 0 amide bonds. The summed E-state index contributed by atoms with van der Waals surface area (Å²) in [6.07, 6.45) is 0. The van der Waals surface area contributed by atoms with Crippen molar-refractivity contribution < 1.29 is 0 Å². The van der Waals surface area contributed by atoms with E-state index in [1.807, 2.05) is 0 Å². The highest BCUT2D eigenvalue weighted by Gasteiger charge is 2.37. The molecule has 0 unspecified atom stereocenters. The van der Waals surface area contributed by atoms with Crippen LogP contribution in [0.15, 0.2) is 24.3 Å². The quantitative estimate of drug-likeness (QED) is 0.349. The van der Waals surface area contributed by atoms with Crippen LogP contribution in [-0.4, -0.2) is 6.71 Å². The maximum Gasteiger partial charge on any atom is 0.207 e. The minimum Gasteiger partial charge on any atom is -0.0774 e. The minimum atomic E-state index is 0.0417. The molecule has 0 aromatic heterocycles. The molecule has 0 saturated heterocycles. The van der Waals surface area contributed by atoms with Crippen molar-refractivity contribution in [2.75, 3.05) is 0 Å². The van der Waals surface area contributed by atoms with Gasteiger partial charge in [-0.1, -0.05) is 167 Å². The highest BCUT2D eigenvalue weighted by Crippen LogP contribution is 2.37. The third-order valence-electron chi connectivity index (χ3n) is 8.19. The van der Waals surface area contributed by atoms with E-state index in [9.17, 15) is 0 Å². The Morgan fingerprint density at radius 1 is 0.342 bits per heavy atom. The molecule has 0 spiro atoms. The number of hydrogen-bond donors (Lipinski definition) is 0. The predicted octanol–water partition coefficient (Wildman–Crippen LogP) is 9.71. The molecule has 212 valence electrons. The van der Waals surface area contributed by atoms with Gasteiger partial charge in [-0.3, -0.25) is 0 Å². The molecule has 0 nitrogen and oxygen atoms in total. The molecule has 0 aliphatic rings. The van der Waals surface area contributed by atoms with Crippen molar-refractivity contribution in [1.82, 2.24) is 0 Å². The zero-order valence-electron chi connectivity index (χ0n) is 28.9. The molecule has 0 N–H and O–H groups in total. The van der Waals surface area contributed by atoms with Crippen LogP contribution in [0.4, 0.5) is 0 Å². The molecule has 2 rings (SSSR count). The molecule has 0 radical (unpaired) electrons. The summed E-state index contributed by atoms with van der Waals surface area (Å²) in [5.74, 6) is 0. The second kappa shape index (κ2) is 9.85. The van der Waals surface area contributed by atoms with E-state index >= 15 is 0 Å². The van der Waals surface area contributed by atoms with Crippen molar-refractivity contribution in [3.05, 3.63) is 57.6 Å². The highest BCUT2D eigenvalue weighted by molar-refractivity contribution is 6.85. The van der Waals surface area contributed by atoms with Gasteiger partial charge in [-0.2, -0.15) is 0 Å². The second-order valence-electron chi connectivity index (χ2n) is 18.2. The standard InChI is InChI=1S/C37H61B/c1-32(2,3)24-20-26(34(7,8)9)30(27(21-24)35(10,11)12)38(19)31-28(36(13,14)15)22-25(33(4,5)6)23-29(31)37(16,17)18/h20-23H,1-19H3. The van der Waals surface area contributed by atoms with Crippen LogP contribution >= 0.6 is 0 Å². The third kappa shape index (κ3) is 6.98. The molecule has 0 aliphatic heterocycles. The molecule has 2 aromatic carbocycles. The fourth-order valence-corrected chi connectivity index (χ4v) is 5.73. The van der Waals surface area contributed by atoms with Crippen molar-refractivity contribution in [2.24, 2.45) is 0 Å². The zero-order chi connectivity index (χ0) is 30.0. The van der Waals surface area contributed by atoms with E-state index in [1.165, 1.54) is 44.3 Å². The summed E-state index contributed by atoms with van der Waals surface area (Å²) in [6.45, 7) is 45.7. The van der Waals surface area contributed by atoms with E-state index in [2.05, 4.69) is 156 Å². The van der Waals surface area contributed by atoms with Gasteiger partial charge in [-0.05, 0) is 65.9 Å². The Bertz CT molecular complexity index is 987. The van der Waals surface area contributed by atoms with E-state index in [0.717, 1.165) is 0 Å². The van der Waals surface area contributed by atoms with Gasteiger partial charge in [-0.25, -0.2) is 0 Å². The lowest BCUT2D eigenvalue weighted by molar-refractivity contribution is 0.552. The lowest BCUT2D eigenvalue weighted by Crippen LogP contribution is -2.52. The van der Waals surface area contributed by atoms with Crippen LogP contribution < -0.4 is 10.9 Å². The first-order valence-corrected chi connectivity index (χ1v) is 15.0. The molecule has 38 heavy (non-hydrogen) atoms. The van der Waals surface area contributed by atoms with Crippen LogP contribution in [0.25, 0.3) is 0 Å². The van der Waals surface area contributed by atoms with Gasteiger partial charge in [-0.15, -0.1) is 0 Å². The lowest BCUT2D eigenvalue weighted by atomic mass is 9.36. The Hall–Kier alpha value is -1.50. The molecule has 0 heterocycles. The Balaban J connectivity index is 3.22. The van der Waals surface area contributed by atoms with Crippen molar-refractivity contribution in [1.29, 1.82) is 0 Å². The maximum atomic E-state index is 2.54. The Morgan fingerprint density at radius 3 is 0.658 bits per heavy atom. The van der Waals surface area contributed by atoms with Crippen molar-refractivity contribution in [2.45, 2.75) is 164 Å². The van der Waals surface area contributed by atoms with E-state index in [4.69, 9.17) is 0 Å². The van der Waals surface area contributed by atoms with Crippen LogP contribution in [0, 0.1) is 0 Å². The monoisotopic (exact) mass is 516 g/mol. The third-order valence-corrected chi connectivity index (χ3v) is 8.19. The van der Waals surface area contributed by atoms with Gasteiger partial charge < -0.3 is 0 Å². The van der Waals surface area contributed by atoms with Crippen LogP contribution in [0.2, 0.25) is 6.82 Å². The van der Waals surface area contributed by atoms with Gasteiger partial charge in [0.2, 0.25) is 6.71 Å². The fourth-order valence-electron chi connectivity index (χ4n) is 5.73. The number of benzene rings is 2. The smallest absolute Gasteiger partial charge is 0.0774 e. The summed E-state index contributed by atoms with van der Waals surface area (Å²) in [7, 11) is 0. The van der Waals surface area contributed by atoms with E-state index in [0.29, 0.717) is 0 Å². The van der Waals surface area contributed by atoms with Crippen LogP contribution in [0.1, 0.15) is 158 Å².